The predicted octanol–water partition coefficient (Wildman–Crippen LogP) is -12.0. The largest absolute Gasteiger partial charge is 0.481 e. The Labute approximate surface area is 590 Å². The third-order valence-corrected chi connectivity index (χ3v) is 20.8. The Balaban J connectivity index is 1.07. The minimum atomic E-state index is -2.27. The quantitative estimate of drug-likeness (QED) is 0.0340. The summed E-state index contributed by atoms with van der Waals surface area (Å²) in [6, 6.07) is -1.16. The Bertz CT molecular complexity index is 2580. The van der Waals surface area contributed by atoms with Gasteiger partial charge in [0.2, 0.25) is 0 Å². The average Bonchev–Trinajstić information content (AvgIpc) is 0.770. The molecule has 14 unspecified atom stereocenters. The molecule has 36 atom stereocenters. The molecule has 14 bridgehead atoms. The minimum Gasteiger partial charge on any atom is -0.481 e. The van der Waals surface area contributed by atoms with E-state index in [1.54, 1.807) is 0 Å². The molecule has 590 valence electrons. The summed E-state index contributed by atoms with van der Waals surface area (Å²) in [6.45, 7) is -3.55. The van der Waals surface area contributed by atoms with Crippen molar-refractivity contribution in [2.45, 2.75) is 247 Å². The molecule has 0 aromatic rings. The normalized spacial score (nSPS) is 44.5. The van der Waals surface area contributed by atoms with E-state index in [-0.39, 0.29) is 62.3 Å². The van der Waals surface area contributed by atoms with Crippen molar-refractivity contribution in [2.75, 3.05) is 89.5 Å². The molecule has 21 heterocycles. The van der Waals surface area contributed by atoms with E-state index in [1.165, 1.54) is 14.0 Å². The van der Waals surface area contributed by atoms with Gasteiger partial charge in [0.15, 0.2) is 44.0 Å². The number of thioether (sulfide) groups is 2. The molecule has 21 aliphatic heterocycles. The molecule has 21 fully saturated rings. The molecule has 0 saturated carbocycles. The number of likely N-dealkylation sites (N-methyl/N-ethyl adjacent to an activating group) is 1. The summed E-state index contributed by atoms with van der Waals surface area (Å²) in [4.78, 5) is 48.7. The maximum atomic E-state index is 13.0. The Morgan fingerprint density at radius 3 is 1.04 bits per heavy atom. The van der Waals surface area contributed by atoms with Crippen molar-refractivity contribution in [1.29, 1.82) is 0 Å². The number of nitrogens with one attached hydrogen (secondary N) is 1. The third-order valence-electron chi connectivity index (χ3n) is 18.4. The van der Waals surface area contributed by atoms with Gasteiger partial charge < -0.3 is 183 Å². The number of aliphatic carboxylic acids is 2. The lowest BCUT2D eigenvalue weighted by Gasteiger charge is -2.50. The van der Waals surface area contributed by atoms with Gasteiger partial charge in [-0.05, 0) is 14.0 Å². The van der Waals surface area contributed by atoms with Gasteiger partial charge in [-0.25, -0.2) is 0 Å². The first-order valence-electron chi connectivity index (χ1n) is 33.1. The molecule has 0 aromatic carbocycles. The molecule has 0 spiro atoms. The zero-order valence-corrected chi connectivity index (χ0v) is 56.9. The van der Waals surface area contributed by atoms with Crippen LogP contribution in [0, 0.1) is 5.92 Å². The lowest BCUT2D eigenvalue weighted by atomic mass is 9.95. The van der Waals surface area contributed by atoms with E-state index in [9.17, 15) is 121 Å². The lowest BCUT2D eigenvalue weighted by molar-refractivity contribution is -0.395. The van der Waals surface area contributed by atoms with Gasteiger partial charge in [0, 0.05) is 48.7 Å². The van der Waals surface area contributed by atoms with Crippen LogP contribution in [0.3, 0.4) is 0 Å². The molecule has 0 radical (unpaired) electrons. The standard InChI is InChI=1S/C59H97NO40S2/c1-20(66)3-5-85-7-8-86-6-4-22(67)9-21(51(81)82)16-101-18-31-49-37(73)39(75)54(93-31)87-25-10-24(68)53(88-26(25)11-61)95-45-27(12-62)89-57(40(76)33(45)69)100-50-32(19-102-17-23(60-2)52(83)84)94-59(44(80)38(50)74)98-48-30(15-65)91-56(42(78)35(48)71)96-46-28(13-63)90-55(41(77)34(46)70)97-47-29(14-64)92-58(99-49)43(79)36(47)72/h21,23-50,53-65,68-80H,3-19H2,1-2H3,(H,81,82)(H,83,84)/t21-,23-,24?,25+,26?,27?,28?,29?,30?,31?,32?,33-,34-,35-,36-,37-,38-,39?,40?,41?,42?,43?,44?,45+,46+,47+,48+,49+,50+,53+,54-,55+,56+,57-,58+,59+/m1/s1. The van der Waals surface area contributed by atoms with Crippen molar-refractivity contribution in [3.05, 3.63) is 0 Å². The molecule has 41 nitrogen and oxygen atoms in total. The van der Waals surface area contributed by atoms with Crippen LogP contribution in [-0.4, -0.2) is 430 Å². The monoisotopic (exact) mass is 1520 g/mol. The van der Waals surface area contributed by atoms with Crippen LogP contribution in [-0.2, 0) is 95.0 Å². The van der Waals surface area contributed by atoms with Gasteiger partial charge in [0.25, 0.3) is 0 Å². The van der Waals surface area contributed by atoms with Crippen molar-refractivity contribution < 1.29 is 197 Å². The summed E-state index contributed by atoms with van der Waals surface area (Å²) >= 11 is 1.73. The lowest BCUT2D eigenvalue weighted by Crippen LogP contribution is -2.68. The summed E-state index contributed by atoms with van der Waals surface area (Å²) in [5, 5.41) is 228. The van der Waals surface area contributed by atoms with E-state index in [2.05, 4.69) is 5.32 Å². The summed E-state index contributed by atoms with van der Waals surface area (Å²) < 4.78 is 93.9. The summed E-state index contributed by atoms with van der Waals surface area (Å²) in [5.74, 6) is -5.82. The number of rotatable bonds is 27. The number of aliphatic hydroxyl groups is 18. The van der Waals surface area contributed by atoms with Gasteiger partial charge in [0.05, 0.1) is 83.7 Å². The number of aliphatic hydroxyl groups excluding tert-OH is 18. The molecule has 0 amide bonds. The van der Waals surface area contributed by atoms with Crippen molar-refractivity contribution in [3.63, 3.8) is 0 Å². The number of hydrogen-bond acceptors (Lipinski definition) is 41. The Morgan fingerprint density at radius 1 is 0.392 bits per heavy atom. The number of hydrogen-bond donors (Lipinski definition) is 21. The highest BCUT2D eigenvalue weighted by Crippen LogP contribution is 2.40. The molecule has 21 aliphatic rings. The Kier molecular flexibility index (Phi) is 33.2. The van der Waals surface area contributed by atoms with Crippen molar-refractivity contribution >= 4 is 47.0 Å². The number of Topliss-reactive ketones (excluding diaryl/α,β-unsaturated/α-hetero) is 2. The van der Waals surface area contributed by atoms with E-state index in [0.717, 1.165) is 23.5 Å². The first-order chi connectivity index (χ1) is 48.6. The van der Waals surface area contributed by atoms with Crippen molar-refractivity contribution in [3.8, 4) is 0 Å². The van der Waals surface area contributed by atoms with Crippen molar-refractivity contribution in [1.82, 2.24) is 5.32 Å². The molecular weight excluding hydrogens is 1430 g/mol. The fraction of sp³-hybridized carbons (Fsp3) is 0.932. The van der Waals surface area contributed by atoms with E-state index in [1.807, 2.05) is 0 Å². The molecule has 21 N–H and O–H groups in total. The number of ketones is 2. The van der Waals surface area contributed by atoms with Crippen molar-refractivity contribution in [2.24, 2.45) is 5.92 Å². The number of carbonyl (C=O) groups excluding carboxylic acids is 2. The van der Waals surface area contributed by atoms with Gasteiger partial charge in [-0.3, -0.25) is 19.2 Å². The van der Waals surface area contributed by atoms with Crippen LogP contribution in [0.2, 0.25) is 0 Å². The van der Waals surface area contributed by atoms with Gasteiger partial charge in [-0.1, -0.05) is 0 Å². The smallest absolute Gasteiger partial charge is 0.321 e. The van der Waals surface area contributed by atoms with E-state index in [0.29, 0.717) is 0 Å². The van der Waals surface area contributed by atoms with Gasteiger partial charge in [-0.15, -0.1) is 0 Å². The van der Waals surface area contributed by atoms with Crippen LogP contribution in [0.1, 0.15) is 32.6 Å². The topological polar surface area (TPSA) is 633 Å². The molecule has 0 aromatic heterocycles. The van der Waals surface area contributed by atoms with Gasteiger partial charge in [0.1, 0.15) is 164 Å². The van der Waals surface area contributed by atoms with E-state index in [4.69, 9.17) is 75.8 Å². The van der Waals surface area contributed by atoms with Gasteiger partial charge in [-0.2, -0.15) is 23.5 Å². The highest BCUT2D eigenvalue weighted by molar-refractivity contribution is 7.99. The maximum absolute atomic E-state index is 13.0. The first kappa shape index (κ1) is 85.2. The fourth-order valence-electron chi connectivity index (χ4n) is 12.6. The molecular formula is C59H97NO40S2. The molecule has 0 aliphatic carbocycles. The molecule has 21 rings (SSSR count). The second-order valence-electron chi connectivity index (χ2n) is 25.6. The minimum absolute atomic E-state index is 0.0694. The number of carboxylic acids is 2. The second kappa shape index (κ2) is 39.8. The zero-order chi connectivity index (χ0) is 74.5. The zero-order valence-electron chi connectivity index (χ0n) is 55.2. The van der Waals surface area contributed by atoms with E-state index < -0.39 is 290 Å². The van der Waals surface area contributed by atoms with Gasteiger partial charge >= 0.3 is 11.9 Å². The number of ether oxygens (including phenoxy) is 16. The average molecular weight is 1520 g/mol. The summed E-state index contributed by atoms with van der Waals surface area (Å²) in [6.07, 6.45) is -68.4. The van der Waals surface area contributed by atoms with Crippen LogP contribution in [0.4, 0.5) is 0 Å². The number of carbonyl (C=O) groups is 4. The Hall–Kier alpha value is -2.42. The molecule has 102 heavy (non-hydrogen) atoms. The second-order valence-corrected chi connectivity index (χ2v) is 27.8. The number of carboxylic acid groups (broad SMARTS) is 2. The van der Waals surface area contributed by atoms with E-state index >= 15 is 0 Å². The Morgan fingerprint density at radius 2 is 0.706 bits per heavy atom. The van der Waals surface area contributed by atoms with Crippen LogP contribution >= 0.6 is 23.5 Å². The van der Waals surface area contributed by atoms with Crippen LogP contribution in [0.25, 0.3) is 0 Å². The molecule has 43 heteroatoms. The predicted molar refractivity (Wildman–Crippen MR) is 330 cm³/mol. The van der Waals surface area contributed by atoms with Crippen LogP contribution in [0.5, 0.6) is 0 Å². The highest BCUT2D eigenvalue weighted by atomic mass is 32.2. The maximum Gasteiger partial charge on any atom is 0.321 e. The van der Waals surface area contributed by atoms with Crippen LogP contribution in [0.15, 0.2) is 0 Å². The summed E-state index contributed by atoms with van der Waals surface area (Å²) in [7, 11) is 1.36. The third kappa shape index (κ3) is 20.9. The summed E-state index contributed by atoms with van der Waals surface area (Å²) in [5.41, 5.74) is 0. The van der Waals surface area contributed by atoms with Crippen LogP contribution < -0.4 is 5.32 Å². The fourth-order valence-corrected chi connectivity index (χ4v) is 14.9. The highest BCUT2D eigenvalue weighted by Gasteiger charge is 2.59. The SMILES string of the molecule is CN[C@H](CSCC1O[C@H]2O[C@H]3C(CO)O[C@@H](O[C@H]4C(CO)O[C@@H](O[C@H]5C(CO)O[C@@H](O[C@H]6C(CSC[C@@H](CC(=O)CCOCCOCCC(C)=O)C(=O)O)O[C@@H](O[C@H]7CC(O)[C@@H](OC7CO)O[C@H]7C(CO)O[C@H](O[C@@H]1[C@H](O)C2O)C(O)[C@H]7O)C(O)[C@H]6O)C(O)[C@H]5O)C(O)[C@H]4O)C(O)[C@H]3O)C(=O)O. The first-order valence-corrected chi connectivity index (χ1v) is 35.4. The molecule has 21 saturated heterocycles.